The Morgan fingerprint density at radius 2 is 2.03 bits per heavy atom. The molecule has 1 aliphatic heterocycles. The summed E-state index contributed by atoms with van der Waals surface area (Å²) >= 11 is 2.87. The summed E-state index contributed by atoms with van der Waals surface area (Å²) in [6.07, 6.45) is 5.21. The molecule has 1 amide bonds. The fourth-order valence-corrected chi connectivity index (χ4v) is 5.45. The number of aromatic nitrogens is 4. The number of hydrogen-bond donors (Lipinski definition) is 1. The van der Waals surface area contributed by atoms with Gasteiger partial charge in [0.1, 0.15) is 5.76 Å². The molecular formula is C22H24N6O2S2. The molecule has 1 N–H and O–H groups in total. The first-order valence-corrected chi connectivity index (χ1v) is 12.4. The highest BCUT2D eigenvalue weighted by molar-refractivity contribution is 8.00. The standard InChI is InChI=1S/C22H24N6O2S2/c1-15(19(29)24-20-23-17-9-3-4-10-18(17)32-20)31-22-26-25-21(27-11-5-2-6-12-27)28(22)14-16-8-7-13-30-16/h3-4,7-10,13,15H,2,5-6,11-12,14H2,1H3,(H,23,24,29). The van der Waals surface area contributed by atoms with Crippen LogP contribution in [0.3, 0.4) is 0 Å². The maximum atomic E-state index is 12.9. The van der Waals surface area contributed by atoms with Gasteiger partial charge in [-0.15, -0.1) is 10.2 Å². The molecule has 5 rings (SSSR count). The number of benzene rings is 1. The van der Waals surface area contributed by atoms with Gasteiger partial charge in [-0.05, 0) is 50.5 Å². The Morgan fingerprint density at radius 1 is 1.19 bits per heavy atom. The molecule has 8 nitrogen and oxygen atoms in total. The van der Waals surface area contributed by atoms with Crippen LogP contribution in [0.2, 0.25) is 0 Å². The lowest BCUT2D eigenvalue weighted by atomic mass is 10.1. The zero-order valence-corrected chi connectivity index (χ0v) is 19.4. The van der Waals surface area contributed by atoms with Crippen molar-refractivity contribution in [3.05, 3.63) is 48.4 Å². The molecule has 0 aliphatic carbocycles. The zero-order valence-electron chi connectivity index (χ0n) is 17.7. The van der Waals surface area contributed by atoms with Crippen molar-refractivity contribution in [2.75, 3.05) is 23.3 Å². The molecule has 0 spiro atoms. The van der Waals surface area contributed by atoms with Crippen molar-refractivity contribution in [2.45, 2.75) is 43.1 Å². The highest BCUT2D eigenvalue weighted by Crippen LogP contribution is 2.30. The van der Waals surface area contributed by atoms with Crippen LogP contribution in [0.1, 0.15) is 31.9 Å². The number of thioether (sulfide) groups is 1. The molecule has 32 heavy (non-hydrogen) atoms. The van der Waals surface area contributed by atoms with E-state index in [0.29, 0.717) is 16.8 Å². The van der Waals surface area contributed by atoms with Crippen molar-refractivity contribution < 1.29 is 9.21 Å². The molecule has 3 aromatic heterocycles. The van der Waals surface area contributed by atoms with E-state index in [2.05, 4.69) is 30.0 Å². The average molecular weight is 469 g/mol. The summed E-state index contributed by atoms with van der Waals surface area (Å²) in [6.45, 7) is 4.34. The molecule has 1 aromatic carbocycles. The molecule has 1 aliphatic rings. The summed E-state index contributed by atoms with van der Waals surface area (Å²) in [5.41, 5.74) is 0.887. The quantitative estimate of drug-likeness (QED) is 0.395. The number of fused-ring (bicyclic) bond motifs is 1. The van der Waals surface area contributed by atoms with Crippen LogP contribution < -0.4 is 10.2 Å². The molecule has 10 heteroatoms. The summed E-state index contributed by atoms with van der Waals surface area (Å²) in [5, 5.41) is 12.8. The van der Waals surface area contributed by atoms with Crippen molar-refractivity contribution in [1.29, 1.82) is 0 Å². The molecule has 1 unspecified atom stereocenters. The maximum Gasteiger partial charge on any atom is 0.239 e. The van der Waals surface area contributed by atoms with Crippen LogP contribution in [0.15, 0.2) is 52.2 Å². The van der Waals surface area contributed by atoms with Crippen LogP contribution in [0.25, 0.3) is 10.2 Å². The van der Waals surface area contributed by atoms with Crippen molar-refractivity contribution in [2.24, 2.45) is 0 Å². The summed E-state index contributed by atoms with van der Waals surface area (Å²) in [6, 6.07) is 11.7. The monoisotopic (exact) mass is 468 g/mol. The number of furan rings is 1. The van der Waals surface area contributed by atoms with E-state index in [9.17, 15) is 4.79 Å². The highest BCUT2D eigenvalue weighted by Gasteiger charge is 2.25. The van der Waals surface area contributed by atoms with Crippen molar-refractivity contribution >= 4 is 50.3 Å². The number of carbonyl (C=O) groups is 1. The Morgan fingerprint density at radius 3 is 2.81 bits per heavy atom. The molecule has 4 aromatic rings. The predicted molar refractivity (Wildman–Crippen MR) is 127 cm³/mol. The Kier molecular flexibility index (Phi) is 6.13. The van der Waals surface area contributed by atoms with Gasteiger partial charge in [0, 0.05) is 13.1 Å². The highest BCUT2D eigenvalue weighted by atomic mass is 32.2. The molecule has 0 bridgehead atoms. The van der Waals surface area contributed by atoms with E-state index in [4.69, 9.17) is 4.42 Å². The van der Waals surface area contributed by atoms with Gasteiger partial charge in [0.15, 0.2) is 10.3 Å². The van der Waals surface area contributed by atoms with E-state index in [1.165, 1.54) is 29.5 Å². The minimum absolute atomic E-state index is 0.110. The molecule has 0 radical (unpaired) electrons. The molecule has 1 fully saturated rings. The fraction of sp³-hybridized carbons (Fsp3) is 0.364. The summed E-state index contributed by atoms with van der Waals surface area (Å²) in [7, 11) is 0. The van der Waals surface area contributed by atoms with Crippen molar-refractivity contribution in [1.82, 2.24) is 19.7 Å². The van der Waals surface area contributed by atoms with Gasteiger partial charge in [0.25, 0.3) is 0 Å². The number of piperidine rings is 1. The molecule has 4 heterocycles. The first-order valence-electron chi connectivity index (χ1n) is 10.7. The largest absolute Gasteiger partial charge is 0.467 e. The normalized spacial score (nSPS) is 15.2. The van der Waals surface area contributed by atoms with Crippen LogP contribution >= 0.6 is 23.1 Å². The third kappa shape index (κ3) is 4.51. The zero-order chi connectivity index (χ0) is 21.9. The van der Waals surface area contributed by atoms with Gasteiger partial charge in [0.05, 0.1) is 28.3 Å². The minimum atomic E-state index is -0.365. The lowest BCUT2D eigenvalue weighted by Gasteiger charge is -2.27. The number of para-hydroxylation sites is 1. The number of amides is 1. The van der Waals surface area contributed by atoms with Gasteiger partial charge in [-0.1, -0.05) is 35.2 Å². The number of hydrogen-bond acceptors (Lipinski definition) is 8. The molecule has 1 saturated heterocycles. The van der Waals surface area contributed by atoms with Crippen molar-refractivity contribution in [3.8, 4) is 0 Å². The van der Waals surface area contributed by atoms with Crippen LogP contribution in [0.5, 0.6) is 0 Å². The van der Waals surface area contributed by atoms with E-state index in [1.54, 1.807) is 6.26 Å². The number of anilines is 2. The third-order valence-corrected chi connectivity index (χ3v) is 7.44. The summed E-state index contributed by atoms with van der Waals surface area (Å²) in [5.74, 6) is 1.56. The van der Waals surface area contributed by atoms with E-state index in [1.807, 2.05) is 43.3 Å². The molecule has 0 saturated carbocycles. The van der Waals surface area contributed by atoms with Gasteiger partial charge in [0.2, 0.25) is 11.9 Å². The van der Waals surface area contributed by atoms with E-state index >= 15 is 0 Å². The van der Waals surface area contributed by atoms with E-state index in [0.717, 1.165) is 47.9 Å². The summed E-state index contributed by atoms with van der Waals surface area (Å²) in [4.78, 5) is 19.7. The molecule has 166 valence electrons. The van der Waals surface area contributed by atoms with E-state index < -0.39 is 0 Å². The average Bonchev–Trinajstić information content (AvgIpc) is 3.55. The summed E-state index contributed by atoms with van der Waals surface area (Å²) < 4.78 is 8.67. The number of rotatable bonds is 7. The fourth-order valence-electron chi connectivity index (χ4n) is 3.74. The Labute approximate surface area is 194 Å². The van der Waals surface area contributed by atoms with Crippen molar-refractivity contribution in [3.63, 3.8) is 0 Å². The number of nitrogens with zero attached hydrogens (tertiary/aromatic N) is 5. The van der Waals surface area contributed by atoms with Crippen LogP contribution in [0.4, 0.5) is 11.1 Å². The molecule has 1 atom stereocenters. The first kappa shape index (κ1) is 21.0. The van der Waals surface area contributed by atoms with Crippen LogP contribution in [0, 0.1) is 0 Å². The van der Waals surface area contributed by atoms with Crippen LogP contribution in [-0.2, 0) is 11.3 Å². The topological polar surface area (TPSA) is 89.1 Å². The second-order valence-electron chi connectivity index (χ2n) is 7.73. The number of carbonyl (C=O) groups excluding carboxylic acids is 1. The van der Waals surface area contributed by atoms with Crippen LogP contribution in [-0.4, -0.2) is 44.0 Å². The second kappa shape index (κ2) is 9.33. The smallest absolute Gasteiger partial charge is 0.239 e. The first-order chi connectivity index (χ1) is 15.7. The second-order valence-corrected chi connectivity index (χ2v) is 10.1. The number of nitrogens with one attached hydrogen (secondary N) is 1. The third-order valence-electron chi connectivity index (χ3n) is 5.41. The lowest BCUT2D eigenvalue weighted by Crippen LogP contribution is -2.32. The predicted octanol–water partition coefficient (Wildman–Crippen LogP) is 4.64. The Balaban J connectivity index is 1.33. The van der Waals surface area contributed by atoms with Gasteiger partial charge < -0.3 is 14.6 Å². The SMILES string of the molecule is CC(Sc1nnc(N2CCCCC2)n1Cc1ccco1)C(=O)Nc1nc2ccccc2s1. The van der Waals surface area contributed by atoms with E-state index in [-0.39, 0.29) is 11.2 Å². The minimum Gasteiger partial charge on any atom is -0.467 e. The lowest BCUT2D eigenvalue weighted by molar-refractivity contribution is -0.115. The van der Waals surface area contributed by atoms with Gasteiger partial charge in [-0.3, -0.25) is 9.36 Å². The maximum absolute atomic E-state index is 12.9. The van der Waals surface area contributed by atoms with Gasteiger partial charge >= 0.3 is 0 Å². The van der Waals surface area contributed by atoms with Gasteiger partial charge in [-0.2, -0.15) is 0 Å². The van der Waals surface area contributed by atoms with Gasteiger partial charge in [-0.25, -0.2) is 4.98 Å². The Hall–Kier alpha value is -2.85. The molecular weight excluding hydrogens is 444 g/mol. The Bertz CT molecular complexity index is 1160. The number of thiazole rings is 1.